The third-order valence-electron chi connectivity index (χ3n) is 2.75. The topological polar surface area (TPSA) is 32.3 Å². The number of aliphatic hydroxyl groups excluding tert-OH is 1. The summed E-state index contributed by atoms with van der Waals surface area (Å²) in [5.74, 6) is -0.198. The maximum Gasteiger partial charge on any atom is 0.131 e. The molecule has 0 aliphatic carbocycles. The number of thiophene rings is 1. The van der Waals surface area contributed by atoms with Gasteiger partial charge in [0.05, 0.1) is 6.61 Å². The average Bonchev–Trinajstić information content (AvgIpc) is 2.91. The molecule has 1 aromatic heterocycles. The highest BCUT2D eigenvalue weighted by Gasteiger charge is 2.07. The summed E-state index contributed by atoms with van der Waals surface area (Å²) in [6.45, 7) is 2.63. The van der Waals surface area contributed by atoms with E-state index in [0.29, 0.717) is 12.1 Å². The first-order valence-electron chi connectivity index (χ1n) is 5.87. The van der Waals surface area contributed by atoms with E-state index in [2.05, 4.69) is 5.32 Å². The van der Waals surface area contributed by atoms with Crippen LogP contribution >= 0.6 is 11.3 Å². The minimum atomic E-state index is -0.198. The number of halogens is 1. The van der Waals surface area contributed by atoms with Crippen LogP contribution in [0, 0.1) is 5.82 Å². The van der Waals surface area contributed by atoms with Crippen molar-refractivity contribution in [2.24, 2.45) is 0 Å². The summed E-state index contributed by atoms with van der Waals surface area (Å²) in [5.41, 5.74) is 1.65. The van der Waals surface area contributed by atoms with E-state index in [-0.39, 0.29) is 18.5 Å². The molecule has 2 N–H and O–H groups in total. The quantitative estimate of drug-likeness (QED) is 0.871. The van der Waals surface area contributed by atoms with Crippen molar-refractivity contribution in [2.75, 3.05) is 6.61 Å². The molecule has 1 atom stereocenters. The molecule has 0 saturated carbocycles. The van der Waals surface area contributed by atoms with E-state index in [1.165, 1.54) is 17.4 Å². The zero-order valence-electron chi connectivity index (χ0n) is 10.2. The predicted molar refractivity (Wildman–Crippen MR) is 73.1 cm³/mol. The Balaban J connectivity index is 2.17. The second-order valence-corrected chi connectivity index (χ2v) is 5.20. The maximum absolute atomic E-state index is 13.7. The number of aliphatic hydroxyl groups is 1. The minimum absolute atomic E-state index is 0.0419. The van der Waals surface area contributed by atoms with Crippen molar-refractivity contribution in [3.8, 4) is 10.4 Å². The highest BCUT2D eigenvalue weighted by atomic mass is 32.1. The average molecular weight is 265 g/mol. The van der Waals surface area contributed by atoms with Crippen molar-refractivity contribution in [1.82, 2.24) is 5.32 Å². The second kappa shape index (κ2) is 6.09. The molecule has 0 aliphatic rings. The van der Waals surface area contributed by atoms with Crippen LogP contribution in [-0.2, 0) is 6.54 Å². The van der Waals surface area contributed by atoms with Crippen LogP contribution in [0.25, 0.3) is 10.4 Å². The lowest BCUT2D eigenvalue weighted by Gasteiger charge is -2.11. The molecule has 0 spiro atoms. The smallest absolute Gasteiger partial charge is 0.131 e. The third-order valence-corrected chi connectivity index (χ3v) is 3.65. The SMILES string of the molecule is C[C@H](CO)NCc1ccc(F)c(-c2cccs2)c1. The number of rotatable bonds is 5. The minimum Gasteiger partial charge on any atom is -0.395 e. The molecule has 1 heterocycles. The largest absolute Gasteiger partial charge is 0.395 e. The summed E-state index contributed by atoms with van der Waals surface area (Å²) in [5, 5.41) is 14.1. The van der Waals surface area contributed by atoms with Crippen molar-refractivity contribution in [2.45, 2.75) is 19.5 Å². The van der Waals surface area contributed by atoms with Gasteiger partial charge < -0.3 is 10.4 Å². The fraction of sp³-hybridized carbons (Fsp3) is 0.286. The fourth-order valence-corrected chi connectivity index (χ4v) is 2.40. The van der Waals surface area contributed by atoms with Gasteiger partial charge in [-0.3, -0.25) is 0 Å². The lowest BCUT2D eigenvalue weighted by molar-refractivity contribution is 0.251. The van der Waals surface area contributed by atoms with Crippen LogP contribution < -0.4 is 5.32 Å². The van der Waals surface area contributed by atoms with Crippen LogP contribution in [0.2, 0.25) is 0 Å². The molecule has 4 heteroatoms. The van der Waals surface area contributed by atoms with Gasteiger partial charge in [-0.1, -0.05) is 12.1 Å². The Morgan fingerprint density at radius 2 is 2.22 bits per heavy atom. The van der Waals surface area contributed by atoms with Crippen molar-refractivity contribution in [3.63, 3.8) is 0 Å². The van der Waals surface area contributed by atoms with Crippen molar-refractivity contribution in [3.05, 3.63) is 47.1 Å². The van der Waals surface area contributed by atoms with Crippen LogP contribution in [0.4, 0.5) is 4.39 Å². The highest BCUT2D eigenvalue weighted by molar-refractivity contribution is 7.13. The lowest BCUT2D eigenvalue weighted by atomic mass is 10.1. The summed E-state index contributed by atoms with van der Waals surface area (Å²) in [4.78, 5) is 0.935. The molecule has 2 rings (SSSR count). The maximum atomic E-state index is 13.7. The number of hydrogen-bond donors (Lipinski definition) is 2. The summed E-state index contributed by atoms with van der Waals surface area (Å²) < 4.78 is 13.7. The molecule has 96 valence electrons. The first kappa shape index (κ1) is 13.2. The molecule has 0 amide bonds. The van der Waals surface area contributed by atoms with Gasteiger partial charge in [-0.2, -0.15) is 0 Å². The van der Waals surface area contributed by atoms with Crippen LogP contribution in [0.3, 0.4) is 0 Å². The molecule has 0 fully saturated rings. The van der Waals surface area contributed by atoms with E-state index >= 15 is 0 Å². The fourth-order valence-electron chi connectivity index (χ4n) is 1.66. The van der Waals surface area contributed by atoms with Crippen LogP contribution in [0.1, 0.15) is 12.5 Å². The van der Waals surface area contributed by atoms with E-state index in [1.807, 2.05) is 30.5 Å². The summed E-state index contributed by atoms with van der Waals surface area (Å²) in [7, 11) is 0. The monoisotopic (exact) mass is 265 g/mol. The molecule has 2 nitrogen and oxygen atoms in total. The van der Waals surface area contributed by atoms with Gasteiger partial charge >= 0.3 is 0 Å². The molecule has 0 radical (unpaired) electrons. The van der Waals surface area contributed by atoms with Gasteiger partial charge in [0, 0.05) is 23.0 Å². The zero-order chi connectivity index (χ0) is 13.0. The van der Waals surface area contributed by atoms with E-state index < -0.39 is 0 Å². The predicted octanol–water partition coefficient (Wildman–Crippen LogP) is 3.02. The van der Waals surface area contributed by atoms with Gasteiger partial charge in [0.2, 0.25) is 0 Å². The summed E-state index contributed by atoms with van der Waals surface area (Å²) in [6, 6.07) is 8.99. The van der Waals surface area contributed by atoms with Crippen molar-refractivity contribution in [1.29, 1.82) is 0 Å². The molecule has 2 aromatic rings. The lowest BCUT2D eigenvalue weighted by Crippen LogP contribution is -2.28. The standard InChI is InChI=1S/C14H16FNOS/c1-10(9-17)16-8-11-4-5-13(15)12(7-11)14-3-2-6-18-14/h2-7,10,16-17H,8-9H2,1H3/t10-/m1/s1. The van der Waals surface area contributed by atoms with Gasteiger partial charge in [0.15, 0.2) is 0 Å². The first-order chi connectivity index (χ1) is 8.70. The van der Waals surface area contributed by atoms with Crippen molar-refractivity contribution >= 4 is 11.3 Å². The molecule has 1 aromatic carbocycles. The van der Waals surface area contributed by atoms with Gasteiger partial charge in [0.25, 0.3) is 0 Å². The Bertz CT molecular complexity index is 499. The summed E-state index contributed by atoms with van der Waals surface area (Å²) >= 11 is 1.53. The Hall–Kier alpha value is -1.23. The Morgan fingerprint density at radius 1 is 1.39 bits per heavy atom. The van der Waals surface area contributed by atoms with Crippen molar-refractivity contribution < 1.29 is 9.50 Å². The van der Waals surface area contributed by atoms with Crippen LogP contribution in [0.5, 0.6) is 0 Å². The van der Waals surface area contributed by atoms with E-state index in [0.717, 1.165) is 10.4 Å². The normalized spacial score (nSPS) is 12.6. The van der Waals surface area contributed by atoms with Gasteiger partial charge in [0.1, 0.15) is 5.82 Å². The van der Waals surface area contributed by atoms with Gasteiger partial charge in [-0.05, 0) is 36.1 Å². The molecule has 0 bridgehead atoms. The molecule has 0 aliphatic heterocycles. The Kier molecular flexibility index (Phi) is 4.47. The molecule has 0 saturated heterocycles. The van der Waals surface area contributed by atoms with E-state index in [1.54, 1.807) is 6.07 Å². The van der Waals surface area contributed by atoms with Gasteiger partial charge in [-0.25, -0.2) is 4.39 Å². The molecule has 18 heavy (non-hydrogen) atoms. The Labute approximate surface area is 110 Å². The summed E-state index contributed by atoms with van der Waals surface area (Å²) in [6.07, 6.45) is 0. The second-order valence-electron chi connectivity index (χ2n) is 4.26. The third kappa shape index (κ3) is 3.16. The molecular formula is C14H16FNOS. The van der Waals surface area contributed by atoms with E-state index in [4.69, 9.17) is 5.11 Å². The van der Waals surface area contributed by atoms with Gasteiger partial charge in [-0.15, -0.1) is 11.3 Å². The first-order valence-corrected chi connectivity index (χ1v) is 6.75. The molecular weight excluding hydrogens is 249 g/mol. The van der Waals surface area contributed by atoms with Crippen LogP contribution in [0.15, 0.2) is 35.7 Å². The number of nitrogens with one attached hydrogen (secondary N) is 1. The Morgan fingerprint density at radius 3 is 2.89 bits per heavy atom. The molecule has 0 unspecified atom stereocenters. The zero-order valence-corrected chi connectivity index (χ0v) is 11.0. The van der Waals surface area contributed by atoms with Crippen LogP contribution in [-0.4, -0.2) is 17.8 Å². The number of benzene rings is 1. The number of hydrogen-bond acceptors (Lipinski definition) is 3. The highest BCUT2D eigenvalue weighted by Crippen LogP contribution is 2.28. The van der Waals surface area contributed by atoms with E-state index in [9.17, 15) is 4.39 Å².